The van der Waals surface area contributed by atoms with Crippen LogP contribution in [0.4, 0.5) is 0 Å². The van der Waals surface area contributed by atoms with Gasteiger partial charge in [0.15, 0.2) is 4.80 Å². The first-order valence-corrected chi connectivity index (χ1v) is 13.5. The van der Waals surface area contributed by atoms with E-state index in [0.717, 1.165) is 11.1 Å². The number of hydrogen-bond donors (Lipinski definition) is 0. The highest BCUT2D eigenvalue weighted by Crippen LogP contribution is 2.34. The van der Waals surface area contributed by atoms with Gasteiger partial charge in [0.2, 0.25) is 0 Å². The van der Waals surface area contributed by atoms with Crippen LogP contribution in [0.15, 0.2) is 61.9 Å². The maximum absolute atomic E-state index is 13.8. The Hall–Kier alpha value is -2.68. The highest BCUT2D eigenvalue weighted by atomic mass is 79.9. The number of hydrogen-bond acceptors (Lipinski definition) is 6. The van der Waals surface area contributed by atoms with E-state index in [4.69, 9.17) is 21.1 Å². The van der Waals surface area contributed by atoms with E-state index in [1.54, 1.807) is 36.6 Å². The number of carbonyl (C=O) groups is 1. The monoisotopic (exact) mass is 588 g/mol. The number of benzene rings is 2. The molecule has 0 bridgehead atoms. The van der Waals surface area contributed by atoms with E-state index in [0.29, 0.717) is 41.4 Å². The Morgan fingerprint density at radius 3 is 2.58 bits per heavy atom. The molecule has 0 fully saturated rings. The predicted molar refractivity (Wildman–Crippen MR) is 146 cm³/mol. The van der Waals surface area contributed by atoms with Crippen LogP contribution >= 0.6 is 38.9 Å². The van der Waals surface area contributed by atoms with Gasteiger partial charge in [-0.2, -0.15) is 0 Å². The van der Waals surface area contributed by atoms with E-state index in [-0.39, 0.29) is 18.3 Å². The Labute approximate surface area is 226 Å². The summed E-state index contributed by atoms with van der Waals surface area (Å²) in [7, 11) is 0. The molecular formula is C27H26BrClN2O4S. The third-order valence-electron chi connectivity index (χ3n) is 5.59. The molecule has 1 aliphatic heterocycles. The normalized spacial score (nSPS) is 15.7. The molecule has 0 amide bonds. The molecule has 0 saturated carbocycles. The molecule has 0 N–H and O–H groups in total. The zero-order valence-electron chi connectivity index (χ0n) is 20.6. The summed E-state index contributed by atoms with van der Waals surface area (Å²) in [5, 5.41) is 0.509. The SMILES string of the molecule is CCOC(=O)C1=C(C)N=c2s/c(=C\c3cc(Cl)cc(Br)c3OC(C)C)c(=O)n2[C@H]1c1ccc(C)cc1. The zero-order chi connectivity index (χ0) is 26.1. The fraction of sp³-hybridized carbons (Fsp3) is 0.296. The van der Waals surface area contributed by atoms with Gasteiger partial charge in [-0.15, -0.1) is 0 Å². The topological polar surface area (TPSA) is 69.9 Å². The highest BCUT2D eigenvalue weighted by molar-refractivity contribution is 9.10. The predicted octanol–water partition coefficient (Wildman–Crippen LogP) is 5.31. The molecule has 0 radical (unpaired) electrons. The summed E-state index contributed by atoms with van der Waals surface area (Å²) in [5.41, 5.74) is 3.18. The second-order valence-electron chi connectivity index (χ2n) is 8.69. The van der Waals surface area contributed by atoms with Crippen LogP contribution < -0.4 is 19.6 Å². The van der Waals surface area contributed by atoms with Crippen molar-refractivity contribution in [3.05, 3.63) is 93.5 Å². The Kier molecular flexibility index (Phi) is 7.87. The molecule has 4 rings (SSSR count). The number of allylic oxidation sites excluding steroid dienone is 1. The van der Waals surface area contributed by atoms with Crippen molar-refractivity contribution in [2.75, 3.05) is 6.61 Å². The van der Waals surface area contributed by atoms with Gasteiger partial charge in [0, 0.05) is 10.6 Å². The fourth-order valence-electron chi connectivity index (χ4n) is 4.04. The van der Waals surface area contributed by atoms with E-state index in [1.807, 2.05) is 45.0 Å². The lowest BCUT2D eigenvalue weighted by Gasteiger charge is -2.24. The summed E-state index contributed by atoms with van der Waals surface area (Å²) >= 11 is 11.1. The molecule has 1 aliphatic rings. The zero-order valence-corrected chi connectivity index (χ0v) is 23.8. The number of halogens is 2. The molecule has 36 heavy (non-hydrogen) atoms. The molecule has 3 aromatic rings. The Morgan fingerprint density at radius 1 is 1.25 bits per heavy atom. The number of nitrogens with zero attached hydrogens (tertiary/aromatic N) is 2. The van der Waals surface area contributed by atoms with Crippen LogP contribution in [0.3, 0.4) is 0 Å². The molecule has 0 aliphatic carbocycles. The molecule has 6 nitrogen and oxygen atoms in total. The molecule has 188 valence electrons. The maximum atomic E-state index is 13.8. The molecule has 1 atom stereocenters. The largest absolute Gasteiger partial charge is 0.489 e. The van der Waals surface area contributed by atoms with Gasteiger partial charge < -0.3 is 9.47 Å². The standard InChI is InChI=1S/C27H26BrClN2O4S/c1-6-34-26(33)22-16(5)30-27-31(23(22)17-9-7-15(4)8-10-17)25(32)21(36-27)12-18-11-19(29)13-20(28)24(18)35-14(2)3/h7-14,23H,6H2,1-5H3/b21-12-/t23-/m0/s1. The second-order valence-corrected chi connectivity index (χ2v) is 11.0. The molecule has 2 heterocycles. The van der Waals surface area contributed by atoms with Gasteiger partial charge in [0.1, 0.15) is 5.75 Å². The fourth-order valence-corrected chi connectivity index (χ4v) is 6.01. The Bertz CT molecular complexity index is 1540. The number of rotatable bonds is 6. The van der Waals surface area contributed by atoms with Gasteiger partial charge in [0.25, 0.3) is 5.56 Å². The van der Waals surface area contributed by atoms with Crippen molar-refractivity contribution >= 4 is 50.9 Å². The first-order valence-electron chi connectivity index (χ1n) is 11.5. The van der Waals surface area contributed by atoms with Gasteiger partial charge >= 0.3 is 5.97 Å². The summed E-state index contributed by atoms with van der Waals surface area (Å²) in [6, 6.07) is 10.6. The summed E-state index contributed by atoms with van der Waals surface area (Å²) in [5.74, 6) is 0.115. The molecular weight excluding hydrogens is 564 g/mol. The van der Waals surface area contributed by atoms with Crippen molar-refractivity contribution in [2.24, 2.45) is 4.99 Å². The number of aryl methyl sites for hydroxylation is 1. The number of carbonyl (C=O) groups excluding carboxylic acids is 1. The van der Waals surface area contributed by atoms with Crippen LogP contribution in [0.2, 0.25) is 5.02 Å². The third-order valence-corrected chi connectivity index (χ3v) is 7.38. The van der Waals surface area contributed by atoms with Crippen LogP contribution in [0.1, 0.15) is 50.4 Å². The van der Waals surface area contributed by atoms with Gasteiger partial charge in [0.05, 0.1) is 39.0 Å². The van der Waals surface area contributed by atoms with Crippen molar-refractivity contribution in [1.82, 2.24) is 4.57 Å². The van der Waals surface area contributed by atoms with Crippen molar-refractivity contribution in [1.29, 1.82) is 0 Å². The van der Waals surface area contributed by atoms with Crippen LogP contribution in [0, 0.1) is 6.92 Å². The van der Waals surface area contributed by atoms with Crippen LogP contribution in [-0.4, -0.2) is 23.2 Å². The average molecular weight is 590 g/mol. The van der Waals surface area contributed by atoms with Gasteiger partial charge in [-0.25, -0.2) is 9.79 Å². The minimum absolute atomic E-state index is 0.0767. The quantitative estimate of drug-likeness (QED) is 0.366. The average Bonchev–Trinajstić information content (AvgIpc) is 3.10. The van der Waals surface area contributed by atoms with Gasteiger partial charge in [-0.1, -0.05) is 52.8 Å². The van der Waals surface area contributed by atoms with E-state index < -0.39 is 12.0 Å². The highest BCUT2D eigenvalue weighted by Gasteiger charge is 2.33. The lowest BCUT2D eigenvalue weighted by Crippen LogP contribution is -2.39. The van der Waals surface area contributed by atoms with E-state index in [9.17, 15) is 9.59 Å². The molecule has 0 spiro atoms. The van der Waals surface area contributed by atoms with Crippen molar-refractivity contribution in [3.63, 3.8) is 0 Å². The summed E-state index contributed by atoms with van der Waals surface area (Å²) in [6.07, 6.45) is 1.68. The summed E-state index contributed by atoms with van der Waals surface area (Å²) < 4.78 is 14.1. The van der Waals surface area contributed by atoms with Crippen LogP contribution in [-0.2, 0) is 9.53 Å². The minimum Gasteiger partial charge on any atom is -0.489 e. The molecule has 2 aromatic carbocycles. The number of fused-ring (bicyclic) bond motifs is 1. The van der Waals surface area contributed by atoms with Crippen LogP contribution in [0.5, 0.6) is 5.75 Å². The Morgan fingerprint density at radius 2 is 1.94 bits per heavy atom. The number of thiazole rings is 1. The molecule has 9 heteroatoms. The van der Waals surface area contributed by atoms with Crippen LogP contribution in [0.25, 0.3) is 6.08 Å². The van der Waals surface area contributed by atoms with Crippen molar-refractivity contribution < 1.29 is 14.3 Å². The van der Waals surface area contributed by atoms with Gasteiger partial charge in [-0.05, 0) is 74.3 Å². The van der Waals surface area contributed by atoms with E-state index >= 15 is 0 Å². The Balaban J connectivity index is 1.97. The number of esters is 1. The number of aromatic nitrogens is 1. The third kappa shape index (κ3) is 5.21. The lowest BCUT2D eigenvalue weighted by molar-refractivity contribution is -0.139. The van der Waals surface area contributed by atoms with Crippen molar-refractivity contribution in [2.45, 2.75) is 46.8 Å². The van der Waals surface area contributed by atoms with E-state index in [1.165, 1.54) is 11.3 Å². The molecule has 0 unspecified atom stereocenters. The van der Waals surface area contributed by atoms with E-state index in [2.05, 4.69) is 20.9 Å². The summed E-state index contributed by atoms with van der Waals surface area (Å²) in [6.45, 7) is 9.60. The first kappa shape index (κ1) is 26.4. The lowest BCUT2D eigenvalue weighted by atomic mass is 9.95. The summed E-state index contributed by atoms with van der Waals surface area (Å²) in [4.78, 5) is 32.0. The molecule has 1 aromatic heterocycles. The number of ether oxygens (including phenoxy) is 2. The smallest absolute Gasteiger partial charge is 0.338 e. The first-order chi connectivity index (χ1) is 17.1. The maximum Gasteiger partial charge on any atom is 0.338 e. The second kappa shape index (κ2) is 10.7. The van der Waals surface area contributed by atoms with Gasteiger partial charge in [-0.3, -0.25) is 9.36 Å². The molecule has 0 saturated heterocycles. The van der Waals surface area contributed by atoms with Crippen molar-refractivity contribution in [3.8, 4) is 5.75 Å². The minimum atomic E-state index is -0.652.